The number of unbranched alkanes of at least 4 members (excludes halogenated alkanes) is 3. The molecular formula is C41H80N14O9. The minimum absolute atomic E-state index is 0.00312. The molecule has 0 aromatic rings. The van der Waals surface area contributed by atoms with Gasteiger partial charge < -0.3 is 76.7 Å². The molecule has 0 saturated carbocycles. The molecule has 0 aromatic heterocycles. The van der Waals surface area contributed by atoms with Crippen molar-refractivity contribution in [3.8, 4) is 0 Å². The van der Waals surface area contributed by atoms with Gasteiger partial charge in [-0.25, -0.2) is 4.79 Å². The summed E-state index contributed by atoms with van der Waals surface area (Å²) < 4.78 is 0. The number of hydrogen-bond donors (Lipinski definition) is 14. The first-order valence-electron chi connectivity index (χ1n) is 22.4. The van der Waals surface area contributed by atoms with Crippen LogP contribution in [0.4, 0.5) is 0 Å². The topological polar surface area (TPSA) is 409 Å². The van der Waals surface area contributed by atoms with Gasteiger partial charge in [-0.2, -0.15) is 0 Å². The van der Waals surface area contributed by atoms with Crippen molar-refractivity contribution in [1.29, 1.82) is 0 Å². The molecule has 23 heteroatoms. The number of carboxylic acid groups (broad SMARTS) is 1. The molecule has 7 atom stereocenters. The number of aliphatic carboxylic acids is 1. The van der Waals surface area contributed by atoms with E-state index in [0.29, 0.717) is 64.6 Å². The first-order chi connectivity index (χ1) is 30.2. The summed E-state index contributed by atoms with van der Waals surface area (Å²) in [5, 5.41) is 27.8. The number of carbonyl (C=O) groups is 8. The summed E-state index contributed by atoms with van der Waals surface area (Å²) in [6.07, 6.45) is 4.13. The molecule has 368 valence electrons. The molecule has 20 N–H and O–H groups in total. The standard InChI is InChI=1S/C41H80N14O9/c1-24(2)21-27(45)35(58)55-32(22-25(3)4)36(59)49-23-33(56)50-26(5)34(57)51-30(16-12-20-48-41(46)47)38(61)52-28(13-6-9-17-42)37(60)53-29(14-7-10-18-43)39(62)54-31(40(63)64)15-8-11-19-44/h24-32H,6-23,42-45H2,1-5H3,(H,49,59)(H,50,56)(H,51,57)(H,52,61)(H,53,60)(H,54,62)(H,55,58)(H,63,64)(H4,46,47,48)/t26-,27-,28-,29-,30-,31-,32-/m0/s1. The van der Waals surface area contributed by atoms with Gasteiger partial charge in [-0.1, -0.05) is 27.7 Å². The fraction of sp³-hybridized carbons (Fsp3) is 0.780. The Labute approximate surface area is 377 Å². The third-order valence-corrected chi connectivity index (χ3v) is 9.90. The average Bonchev–Trinajstić information content (AvgIpc) is 3.21. The number of carbonyl (C=O) groups excluding carboxylic acids is 7. The molecule has 0 heterocycles. The van der Waals surface area contributed by atoms with Crippen LogP contribution < -0.4 is 71.6 Å². The van der Waals surface area contributed by atoms with E-state index in [1.807, 2.05) is 27.7 Å². The highest BCUT2D eigenvalue weighted by Crippen LogP contribution is 2.10. The second-order valence-corrected chi connectivity index (χ2v) is 16.8. The summed E-state index contributed by atoms with van der Waals surface area (Å²) in [4.78, 5) is 109. The van der Waals surface area contributed by atoms with Crippen LogP contribution in [0, 0.1) is 11.8 Å². The van der Waals surface area contributed by atoms with E-state index >= 15 is 0 Å². The Morgan fingerprint density at radius 3 is 1.33 bits per heavy atom. The maximum Gasteiger partial charge on any atom is 0.326 e. The zero-order chi connectivity index (χ0) is 48.8. The summed E-state index contributed by atoms with van der Waals surface area (Å²) in [5.41, 5.74) is 33.8. The van der Waals surface area contributed by atoms with Crippen LogP contribution in [0.15, 0.2) is 4.99 Å². The largest absolute Gasteiger partial charge is 0.480 e. The number of nitrogens with two attached hydrogens (primary N) is 6. The molecule has 0 radical (unpaired) electrons. The fourth-order valence-corrected chi connectivity index (χ4v) is 6.40. The molecule has 23 nitrogen and oxygen atoms in total. The highest BCUT2D eigenvalue weighted by Gasteiger charge is 2.32. The monoisotopic (exact) mass is 913 g/mol. The van der Waals surface area contributed by atoms with E-state index in [1.54, 1.807) is 0 Å². The van der Waals surface area contributed by atoms with Gasteiger partial charge in [0.1, 0.15) is 36.3 Å². The van der Waals surface area contributed by atoms with Gasteiger partial charge in [0.25, 0.3) is 0 Å². The van der Waals surface area contributed by atoms with Crippen molar-refractivity contribution in [2.45, 2.75) is 160 Å². The Hall–Kier alpha value is -5.13. The average molecular weight is 913 g/mol. The van der Waals surface area contributed by atoms with E-state index in [-0.39, 0.29) is 62.9 Å². The Kier molecular flexibility index (Phi) is 30.7. The van der Waals surface area contributed by atoms with Crippen molar-refractivity contribution in [2.24, 2.45) is 51.2 Å². The predicted molar refractivity (Wildman–Crippen MR) is 243 cm³/mol. The van der Waals surface area contributed by atoms with Crippen LogP contribution in [0.25, 0.3) is 0 Å². The third kappa shape index (κ3) is 26.5. The SMILES string of the molecule is CC(C)C[C@H](NC(=O)[C@@H](N)CC(C)C)C(=O)NCC(=O)N[C@@H](C)C(=O)N[C@@H](CCCN=C(N)N)C(=O)N[C@@H](CCCCN)C(=O)N[C@@H](CCCCN)C(=O)N[C@@H](CCCCN)C(=O)O. The first-order valence-corrected chi connectivity index (χ1v) is 22.4. The van der Waals surface area contributed by atoms with Crippen molar-refractivity contribution < 1.29 is 43.5 Å². The summed E-state index contributed by atoms with van der Waals surface area (Å²) >= 11 is 0. The molecule has 0 aromatic carbocycles. The Morgan fingerprint density at radius 1 is 0.500 bits per heavy atom. The molecule has 64 heavy (non-hydrogen) atoms. The number of amides is 7. The van der Waals surface area contributed by atoms with Crippen LogP contribution in [-0.2, 0) is 38.4 Å². The first kappa shape index (κ1) is 58.9. The summed E-state index contributed by atoms with van der Waals surface area (Å²) in [7, 11) is 0. The van der Waals surface area contributed by atoms with Crippen molar-refractivity contribution >= 4 is 53.3 Å². The quantitative estimate of drug-likeness (QED) is 0.0171. The van der Waals surface area contributed by atoms with E-state index < -0.39 is 96.2 Å². The Balaban J connectivity index is 6.11. The number of guanidine groups is 1. The van der Waals surface area contributed by atoms with E-state index in [2.05, 4.69) is 42.2 Å². The Morgan fingerprint density at radius 2 is 0.906 bits per heavy atom. The molecule has 0 aliphatic carbocycles. The van der Waals surface area contributed by atoms with Crippen LogP contribution in [0.3, 0.4) is 0 Å². The van der Waals surface area contributed by atoms with E-state index in [1.165, 1.54) is 6.92 Å². The zero-order valence-electron chi connectivity index (χ0n) is 38.5. The van der Waals surface area contributed by atoms with Gasteiger partial charge in [0, 0.05) is 6.54 Å². The highest BCUT2D eigenvalue weighted by molar-refractivity contribution is 5.96. The lowest BCUT2D eigenvalue weighted by molar-refractivity contribution is -0.142. The smallest absolute Gasteiger partial charge is 0.326 e. The van der Waals surface area contributed by atoms with Gasteiger partial charge in [-0.15, -0.1) is 0 Å². The summed E-state index contributed by atoms with van der Waals surface area (Å²) in [6.45, 7) is 9.48. The number of aliphatic imine (C=N–C) groups is 1. The Bertz CT molecular complexity index is 1500. The van der Waals surface area contributed by atoms with Crippen molar-refractivity contribution in [2.75, 3.05) is 32.7 Å². The summed E-state index contributed by atoms with van der Waals surface area (Å²) in [5.74, 6) is -6.08. The molecular weight excluding hydrogens is 833 g/mol. The zero-order valence-corrected chi connectivity index (χ0v) is 38.5. The highest BCUT2D eigenvalue weighted by atomic mass is 16.4. The van der Waals surface area contributed by atoms with Gasteiger partial charge in [0.05, 0.1) is 12.6 Å². The lowest BCUT2D eigenvalue weighted by Crippen LogP contribution is -2.59. The van der Waals surface area contributed by atoms with Crippen molar-refractivity contribution in [3.63, 3.8) is 0 Å². The van der Waals surface area contributed by atoms with Crippen LogP contribution >= 0.6 is 0 Å². The second-order valence-electron chi connectivity index (χ2n) is 16.8. The number of hydrogen-bond acceptors (Lipinski definition) is 13. The van der Waals surface area contributed by atoms with Gasteiger partial charge >= 0.3 is 5.97 Å². The van der Waals surface area contributed by atoms with E-state index in [0.717, 1.165) is 0 Å². The molecule has 0 fully saturated rings. The lowest BCUT2D eigenvalue weighted by atomic mass is 10.0. The maximum absolute atomic E-state index is 13.9. The lowest BCUT2D eigenvalue weighted by Gasteiger charge is -2.27. The molecule has 0 unspecified atom stereocenters. The summed E-state index contributed by atoms with van der Waals surface area (Å²) in [6, 6.07) is -7.85. The van der Waals surface area contributed by atoms with Crippen LogP contribution in [0.1, 0.15) is 118 Å². The van der Waals surface area contributed by atoms with Crippen LogP contribution in [0.5, 0.6) is 0 Å². The minimum Gasteiger partial charge on any atom is -0.480 e. The van der Waals surface area contributed by atoms with Crippen molar-refractivity contribution in [3.05, 3.63) is 0 Å². The number of carboxylic acids is 1. The van der Waals surface area contributed by atoms with Gasteiger partial charge in [0.2, 0.25) is 41.4 Å². The molecule has 0 spiro atoms. The third-order valence-electron chi connectivity index (χ3n) is 9.90. The minimum atomic E-state index is -1.26. The number of nitrogens with one attached hydrogen (secondary N) is 7. The van der Waals surface area contributed by atoms with E-state index in [9.17, 15) is 43.5 Å². The van der Waals surface area contributed by atoms with Crippen LogP contribution in [0.2, 0.25) is 0 Å². The maximum atomic E-state index is 13.9. The van der Waals surface area contributed by atoms with Gasteiger partial charge in [0.15, 0.2) is 5.96 Å². The van der Waals surface area contributed by atoms with Gasteiger partial charge in [-0.05, 0) is 122 Å². The van der Waals surface area contributed by atoms with Gasteiger partial charge in [-0.3, -0.25) is 38.6 Å². The molecule has 0 bridgehead atoms. The fourth-order valence-electron chi connectivity index (χ4n) is 6.40. The molecule has 0 saturated heterocycles. The molecule has 0 aliphatic rings. The van der Waals surface area contributed by atoms with E-state index in [4.69, 9.17) is 34.4 Å². The molecule has 0 aliphatic heterocycles. The molecule has 0 rings (SSSR count). The van der Waals surface area contributed by atoms with Crippen LogP contribution in [-0.4, -0.2) is 133 Å². The number of nitrogens with zero attached hydrogens (tertiary/aromatic N) is 1. The number of rotatable bonds is 35. The molecule has 7 amide bonds. The van der Waals surface area contributed by atoms with Crippen molar-refractivity contribution in [1.82, 2.24) is 37.2 Å². The predicted octanol–water partition coefficient (Wildman–Crippen LogP) is -3.02. The normalized spacial score (nSPS) is 14.4. The second kappa shape index (κ2) is 33.4.